The SMILES string of the molecule is Clc1cc2nc(I)[nH]c2cc1Cl. The van der Waals surface area contributed by atoms with Gasteiger partial charge in [-0.25, -0.2) is 4.98 Å². The molecule has 0 saturated heterocycles. The van der Waals surface area contributed by atoms with Gasteiger partial charge in [0.15, 0.2) is 3.83 Å². The summed E-state index contributed by atoms with van der Waals surface area (Å²) in [5.41, 5.74) is 1.75. The van der Waals surface area contributed by atoms with Crippen molar-refractivity contribution in [3.05, 3.63) is 26.0 Å². The second-order valence-corrected chi connectivity index (χ2v) is 4.15. The molecule has 0 amide bonds. The van der Waals surface area contributed by atoms with Crippen molar-refractivity contribution in [1.29, 1.82) is 0 Å². The van der Waals surface area contributed by atoms with Gasteiger partial charge in [0.2, 0.25) is 0 Å². The van der Waals surface area contributed by atoms with Crippen LogP contribution in [0.2, 0.25) is 10.0 Å². The lowest BCUT2D eigenvalue weighted by atomic mass is 10.3. The van der Waals surface area contributed by atoms with Crippen molar-refractivity contribution in [2.75, 3.05) is 0 Å². The minimum atomic E-state index is 0.534. The van der Waals surface area contributed by atoms with Crippen LogP contribution in [0.25, 0.3) is 11.0 Å². The summed E-state index contributed by atoms with van der Waals surface area (Å²) < 4.78 is 0.834. The van der Waals surface area contributed by atoms with Crippen molar-refractivity contribution >= 4 is 56.8 Å². The fourth-order valence-electron chi connectivity index (χ4n) is 0.974. The molecule has 12 heavy (non-hydrogen) atoms. The molecule has 1 aromatic carbocycles. The molecule has 0 bridgehead atoms. The highest BCUT2D eigenvalue weighted by Crippen LogP contribution is 2.26. The Kier molecular flexibility index (Phi) is 2.18. The maximum absolute atomic E-state index is 5.81. The zero-order valence-corrected chi connectivity index (χ0v) is 9.41. The third-order valence-electron chi connectivity index (χ3n) is 1.50. The van der Waals surface area contributed by atoms with E-state index in [4.69, 9.17) is 23.2 Å². The minimum absolute atomic E-state index is 0.534. The van der Waals surface area contributed by atoms with Gasteiger partial charge in [0, 0.05) is 0 Å². The molecule has 0 aliphatic rings. The van der Waals surface area contributed by atoms with Crippen LogP contribution in [-0.4, -0.2) is 9.97 Å². The van der Waals surface area contributed by atoms with Crippen molar-refractivity contribution in [2.45, 2.75) is 0 Å². The molecule has 1 heterocycles. The molecule has 0 aliphatic heterocycles. The zero-order chi connectivity index (χ0) is 8.72. The number of benzene rings is 1. The largest absolute Gasteiger partial charge is 0.333 e. The minimum Gasteiger partial charge on any atom is -0.333 e. The van der Waals surface area contributed by atoms with Crippen molar-refractivity contribution in [3.8, 4) is 0 Å². The van der Waals surface area contributed by atoms with E-state index in [9.17, 15) is 0 Å². The first-order valence-electron chi connectivity index (χ1n) is 3.17. The number of H-pyrrole nitrogens is 1. The van der Waals surface area contributed by atoms with E-state index in [0.717, 1.165) is 14.9 Å². The van der Waals surface area contributed by atoms with Crippen LogP contribution >= 0.6 is 45.8 Å². The number of hydrogen-bond donors (Lipinski definition) is 1. The van der Waals surface area contributed by atoms with Crippen LogP contribution < -0.4 is 0 Å². The third kappa shape index (κ3) is 1.41. The molecule has 0 saturated carbocycles. The molecule has 2 nitrogen and oxygen atoms in total. The number of aromatic amines is 1. The van der Waals surface area contributed by atoms with Gasteiger partial charge in [-0.3, -0.25) is 0 Å². The predicted molar refractivity (Wildman–Crippen MR) is 58.8 cm³/mol. The Balaban J connectivity index is 2.83. The molecule has 0 fully saturated rings. The number of fused-ring (bicyclic) bond motifs is 1. The molecular weight excluding hydrogens is 310 g/mol. The second-order valence-electron chi connectivity index (χ2n) is 2.31. The first-order valence-corrected chi connectivity index (χ1v) is 5.00. The summed E-state index contributed by atoms with van der Waals surface area (Å²) in [5, 5.41) is 1.08. The topological polar surface area (TPSA) is 28.7 Å². The van der Waals surface area contributed by atoms with Crippen molar-refractivity contribution in [2.24, 2.45) is 0 Å². The first-order chi connectivity index (χ1) is 5.66. The van der Waals surface area contributed by atoms with E-state index < -0.39 is 0 Å². The fraction of sp³-hybridized carbons (Fsp3) is 0. The molecule has 2 aromatic rings. The average molecular weight is 313 g/mol. The maximum Gasteiger partial charge on any atom is 0.169 e. The number of nitrogens with one attached hydrogen (secondary N) is 1. The van der Waals surface area contributed by atoms with E-state index in [2.05, 4.69) is 32.6 Å². The smallest absolute Gasteiger partial charge is 0.169 e. The van der Waals surface area contributed by atoms with E-state index in [-0.39, 0.29) is 0 Å². The van der Waals surface area contributed by atoms with E-state index in [0.29, 0.717) is 10.0 Å². The lowest BCUT2D eigenvalue weighted by Crippen LogP contribution is -1.71. The van der Waals surface area contributed by atoms with E-state index in [1.807, 2.05) is 0 Å². The van der Waals surface area contributed by atoms with Crippen LogP contribution in [0.4, 0.5) is 0 Å². The monoisotopic (exact) mass is 312 g/mol. The number of aromatic nitrogens is 2. The van der Waals surface area contributed by atoms with Gasteiger partial charge in [0.05, 0.1) is 21.1 Å². The first kappa shape index (κ1) is 8.59. The average Bonchev–Trinajstić information content (AvgIpc) is 2.30. The van der Waals surface area contributed by atoms with Gasteiger partial charge in [0.25, 0.3) is 0 Å². The van der Waals surface area contributed by atoms with Crippen molar-refractivity contribution < 1.29 is 0 Å². The Bertz CT molecular complexity index is 399. The van der Waals surface area contributed by atoms with Crippen LogP contribution in [0.15, 0.2) is 12.1 Å². The summed E-state index contributed by atoms with van der Waals surface area (Å²) in [6.45, 7) is 0. The predicted octanol–water partition coefficient (Wildman–Crippen LogP) is 3.47. The van der Waals surface area contributed by atoms with Gasteiger partial charge in [-0.2, -0.15) is 0 Å². The Labute approximate surface area is 92.4 Å². The van der Waals surface area contributed by atoms with E-state index in [1.54, 1.807) is 12.1 Å². The molecule has 0 aliphatic carbocycles. The molecule has 2 rings (SSSR count). The van der Waals surface area contributed by atoms with Gasteiger partial charge in [-0.05, 0) is 34.7 Å². The summed E-state index contributed by atoms with van der Waals surface area (Å²) >= 11 is 13.7. The van der Waals surface area contributed by atoms with E-state index >= 15 is 0 Å². The number of rotatable bonds is 0. The van der Waals surface area contributed by atoms with Crippen molar-refractivity contribution in [1.82, 2.24) is 9.97 Å². The summed E-state index contributed by atoms with van der Waals surface area (Å²) in [6.07, 6.45) is 0. The second kappa shape index (κ2) is 3.05. The molecule has 0 radical (unpaired) electrons. The molecular formula is C7H3Cl2IN2. The summed E-state index contributed by atoms with van der Waals surface area (Å²) in [7, 11) is 0. The maximum atomic E-state index is 5.81. The standard InChI is InChI=1S/C7H3Cl2IN2/c8-3-1-5-6(2-4(3)9)12-7(10)11-5/h1-2H,(H,11,12). The Morgan fingerprint density at radius 3 is 2.67 bits per heavy atom. The Morgan fingerprint density at radius 2 is 1.92 bits per heavy atom. The number of hydrogen-bond acceptors (Lipinski definition) is 1. The molecule has 5 heteroatoms. The number of imidazole rings is 1. The number of nitrogens with zero attached hydrogens (tertiary/aromatic N) is 1. The third-order valence-corrected chi connectivity index (χ3v) is 2.73. The Morgan fingerprint density at radius 1 is 1.25 bits per heavy atom. The zero-order valence-electron chi connectivity index (χ0n) is 5.74. The molecule has 0 unspecified atom stereocenters. The highest BCUT2D eigenvalue weighted by Gasteiger charge is 2.04. The van der Waals surface area contributed by atoms with Gasteiger partial charge in [-0.1, -0.05) is 23.2 Å². The van der Waals surface area contributed by atoms with Crippen LogP contribution in [0.5, 0.6) is 0 Å². The van der Waals surface area contributed by atoms with Gasteiger partial charge < -0.3 is 4.98 Å². The van der Waals surface area contributed by atoms with Gasteiger partial charge >= 0.3 is 0 Å². The van der Waals surface area contributed by atoms with Crippen LogP contribution in [0.3, 0.4) is 0 Å². The fourth-order valence-corrected chi connectivity index (χ4v) is 1.85. The number of halogens is 3. The highest BCUT2D eigenvalue weighted by atomic mass is 127. The van der Waals surface area contributed by atoms with Crippen LogP contribution in [0, 0.1) is 3.83 Å². The Hall–Kier alpha value is -0.000000000000000111. The molecule has 1 N–H and O–H groups in total. The molecule has 1 aromatic heterocycles. The van der Waals surface area contributed by atoms with E-state index in [1.165, 1.54) is 0 Å². The van der Waals surface area contributed by atoms with Crippen LogP contribution in [-0.2, 0) is 0 Å². The van der Waals surface area contributed by atoms with Crippen molar-refractivity contribution in [3.63, 3.8) is 0 Å². The lowest BCUT2D eigenvalue weighted by molar-refractivity contribution is 1.26. The molecule has 0 atom stereocenters. The quantitative estimate of drug-likeness (QED) is 0.741. The van der Waals surface area contributed by atoms with Crippen LogP contribution in [0.1, 0.15) is 0 Å². The summed E-state index contributed by atoms with van der Waals surface area (Å²) in [6, 6.07) is 3.52. The van der Waals surface area contributed by atoms with Gasteiger partial charge in [-0.15, -0.1) is 0 Å². The normalized spacial score (nSPS) is 10.9. The molecule has 0 spiro atoms. The lowest BCUT2D eigenvalue weighted by Gasteiger charge is -1.93. The van der Waals surface area contributed by atoms with Gasteiger partial charge in [0.1, 0.15) is 0 Å². The molecule has 62 valence electrons. The summed E-state index contributed by atoms with van der Waals surface area (Å²) in [5.74, 6) is 0. The summed E-state index contributed by atoms with van der Waals surface area (Å²) in [4.78, 5) is 7.26. The highest BCUT2D eigenvalue weighted by molar-refractivity contribution is 14.1.